The molecule has 0 saturated carbocycles. The lowest BCUT2D eigenvalue weighted by molar-refractivity contribution is 0.0773. The van der Waals surface area contributed by atoms with Gasteiger partial charge in [-0.25, -0.2) is 0 Å². The molecular weight excluding hydrogens is 400 g/mol. The van der Waals surface area contributed by atoms with Gasteiger partial charge in [0.1, 0.15) is 0 Å². The molecule has 2 N–H and O–H groups in total. The van der Waals surface area contributed by atoms with Crippen LogP contribution in [-0.4, -0.2) is 66.9 Å². The first-order chi connectivity index (χ1) is 14.1. The van der Waals surface area contributed by atoms with Crippen LogP contribution in [-0.2, 0) is 0 Å². The lowest BCUT2D eigenvalue weighted by atomic mass is 10.1. The molecule has 2 aromatic carbocycles. The van der Waals surface area contributed by atoms with Gasteiger partial charge >= 0.3 is 0 Å². The van der Waals surface area contributed by atoms with E-state index < -0.39 is 0 Å². The number of aryl methyl sites for hydroxylation is 1. The van der Waals surface area contributed by atoms with Crippen LogP contribution in [0.2, 0.25) is 0 Å². The predicted octanol–water partition coefficient (Wildman–Crippen LogP) is 2.79. The third-order valence-corrected chi connectivity index (χ3v) is 5.89. The molecule has 2 saturated heterocycles. The smallest absolute Gasteiger partial charge is 0.255 e. The molecule has 2 aliphatic heterocycles. The van der Waals surface area contributed by atoms with Crippen molar-refractivity contribution in [2.45, 2.75) is 19.4 Å². The van der Waals surface area contributed by atoms with Crippen molar-refractivity contribution >= 4 is 29.9 Å². The molecule has 2 aliphatic rings. The molecular formula is C23H29ClN4O2. The number of amides is 2. The van der Waals surface area contributed by atoms with Gasteiger partial charge in [-0.2, -0.15) is 0 Å². The molecule has 1 unspecified atom stereocenters. The zero-order valence-electron chi connectivity index (χ0n) is 17.3. The summed E-state index contributed by atoms with van der Waals surface area (Å²) in [4.78, 5) is 30.0. The lowest BCUT2D eigenvalue weighted by Crippen LogP contribution is -2.49. The Morgan fingerprint density at radius 3 is 2.47 bits per heavy atom. The van der Waals surface area contributed by atoms with Crippen LogP contribution >= 0.6 is 12.4 Å². The number of nitrogens with zero attached hydrogens (tertiary/aromatic N) is 2. The highest BCUT2D eigenvalue weighted by atomic mass is 35.5. The molecule has 0 aromatic heterocycles. The fourth-order valence-electron chi connectivity index (χ4n) is 4.13. The summed E-state index contributed by atoms with van der Waals surface area (Å²) in [6.07, 6.45) is 1.02. The molecule has 2 heterocycles. The third-order valence-electron chi connectivity index (χ3n) is 5.89. The second-order valence-corrected chi connectivity index (χ2v) is 7.83. The molecule has 0 bridgehead atoms. The van der Waals surface area contributed by atoms with E-state index in [1.807, 2.05) is 42.2 Å². The highest BCUT2D eigenvalue weighted by Gasteiger charge is 2.31. The number of benzene rings is 2. The van der Waals surface area contributed by atoms with Gasteiger partial charge in [0, 0.05) is 62.1 Å². The van der Waals surface area contributed by atoms with Gasteiger partial charge in [-0.1, -0.05) is 24.3 Å². The molecule has 0 aliphatic carbocycles. The Kier molecular flexibility index (Phi) is 7.48. The summed E-state index contributed by atoms with van der Waals surface area (Å²) in [6, 6.07) is 15.1. The first-order valence-corrected chi connectivity index (χ1v) is 10.3. The number of nitrogens with one attached hydrogen (secondary N) is 2. The van der Waals surface area contributed by atoms with Crippen molar-refractivity contribution in [3.8, 4) is 0 Å². The highest BCUT2D eigenvalue weighted by Crippen LogP contribution is 2.22. The van der Waals surface area contributed by atoms with Crippen molar-refractivity contribution < 1.29 is 9.59 Å². The van der Waals surface area contributed by atoms with E-state index in [-0.39, 0.29) is 24.2 Å². The van der Waals surface area contributed by atoms with Crippen LogP contribution in [0.4, 0.5) is 5.69 Å². The lowest BCUT2D eigenvalue weighted by Gasteiger charge is -2.32. The Morgan fingerprint density at radius 2 is 1.73 bits per heavy atom. The van der Waals surface area contributed by atoms with Gasteiger partial charge in [-0.3, -0.25) is 14.5 Å². The van der Waals surface area contributed by atoms with Crippen LogP contribution in [0.15, 0.2) is 48.5 Å². The highest BCUT2D eigenvalue weighted by molar-refractivity contribution is 6.05. The summed E-state index contributed by atoms with van der Waals surface area (Å²) >= 11 is 0. The predicted molar refractivity (Wildman–Crippen MR) is 122 cm³/mol. The fourth-order valence-corrected chi connectivity index (χ4v) is 4.13. The van der Waals surface area contributed by atoms with Crippen molar-refractivity contribution in [2.75, 3.05) is 44.6 Å². The summed E-state index contributed by atoms with van der Waals surface area (Å²) in [6.45, 7) is 7.64. The summed E-state index contributed by atoms with van der Waals surface area (Å²) in [7, 11) is 0. The molecule has 2 amide bonds. The van der Waals surface area contributed by atoms with Crippen LogP contribution in [0, 0.1) is 6.92 Å². The molecule has 2 aromatic rings. The molecule has 1 atom stereocenters. The van der Waals surface area contributed by atoms with Crippen LogP contribution in [0.5, 0.6) is 0 Å². The number of hydrogen-bond donors (Lipinski definition) is 2. The summed E-state index contributed by atoms with van der Waals surface area (Å²) in [5, 5.41) is 6.33. The normalized spacial score (nSPS) is 19.2. The molecule has 2 fully saturated rings. The van der Waals surface area contributed by atoms with E-state index in [0.717, 1.165) is 51.3 Å². The van der Waals surface area contributed by atoms with Crippen LogP contribution in [0.3, 0.4) is 0 Å². The first-order valence-electron chi connectivity index (χ1n) is 10.3. The standard InChI is InChI=1S/C23H28N4O2.ClH/c1-17-7-8-19(15-21(17)25-22(28)18-5-3-2-4-6-18)23(29)27-12-9-20(16-27)26-13-10-24-11-14-26;/h2-8,15,20,24H,9-14,16H2,1H3,(H,25,28);1H. The monoisotopic (exact) mass is 428 g/mol. The van der Waals surface area contributed by atoms with Crippen LogP contribution in [0.1, 0.15) is 32.7 Å². The van der Waals surface area contributed by atoms with E-state index in [9.17, 15) is 9.59 Å². The number of rotatable bonds is 4. The van der Waals surface area contributed by atoms with Gasteiger partial charge in [0.25, 0.3) is 11.8 Å². The van der Waals surface area contributed by atoms with Crippen molar-refractivity contribution in [1.29, 1.82) is 0 Å². The van der Waals surface area contributed by atoms with Gasteiger partial charge < -0.3 is 15.5 Å². The van der Waals surface area contributed by atoms with Crippen molar-refractivity contribution in [1.82, 2.24) is 15.1 Å². The number of anilines is 1. The van der Waals surface area contributed by atoms with E-state index in [1.165, 1.54) is 0 Å². The number of likely N-dealkylation sites (tertiary alicyclic amines) is 1. The Labute approximate surface area is 184 Å². The molecule has 30 heavy (non-hydrogen) atoms. The Balaban J connectivity index is 0.00000256. The van der Waals surface area contributed by atoms with Crippen LogP contribution in [0.25, 0.3) is 0 Å². The summed E-state index contributed by atoms with van der Waals surface area (Å²) < 4.78 is 0. The second-order valence-electron chi connectivity index (χ2n) is 7.83. The van der Waals surface area contributed by atoms with Gasteiger partial charge in [-0.05, 0) is 43.2 Å². The minimum absolute atomic E-state index is 0. The van der Waals surface area contributed by atoms with E-state index in [4.69, 9.17) is 0 Å². The van der Waals surface area contributed by atoms with Gasteiger partial charge in [0.05, 0.1) is 0 Å². The SMILES string of the molecule is Cc1ccc(C(=O)N2CCC(N3CCNCC3)C2)cc1NC(=O)c1ccccc1.Cl. The average Bonchev–Trinajstić information content (AvgIpc) is 3.26. The molecule has 7 heteroatoms. The maximum Gasteiger partial charge on any atom is 0.255 e. The Bertz CT molecular complexity index is 884. The second kappa shape index (κ2) is 10.1. The van der Waals surface area contributed by atoms with Gasteiger partial charge in [0.15, 0.2) is 0 Å². The topological polar surface area (TPSA) is 64.7 Å². The van der Waals surface area contributed by atoms with E-state index in [1.54, 1.807) is 18.2 Å². The zero-order valence-corrected chi connectivity index (χ0v) is 18.1. The zero-order chi connectivity index (χ0) is 20.2. The number of piperazine rings is 1. The first kappa shape index (κ1) is 22.3. The van der Waals surface area contributed by atoms with Crippen molar-refractivity contribution in [2.24, 2.45) is 0 Å². The van der Waals surface area contributed by atoms with Crippen molar-refractivity contribution in [3.63, 3.8) is 0 Å². The quantitative estimate of drug-likeness (QED) is 0.786. The van der Waals surface area contributed by atoms with Crippen LogP contribution < -0.4 is 10.6 Å². The van der Waals surface area contributed by atoms with E-state index >= 15 is 0 Å². The summed E-state index contributed by atoms with van der Waals surface area (Å²) in [5.74, 6) is -0.129. The molecule has 6 nitrogen and oxygen atoms in total. The summed E-state index contributed by atoms with van der Waals surface area (Å²) in [5.41, 5.74) is 2.84. The number of carbonyl (C=O) groups excluding carboxylic acids is 2. The minimum atomic E-state index is -0.168. The van der Waals surface area contributed by atoms with Gasteiger partial charge in [0.2, 0.25) is 0 Å². The maximum absolute atomic E-state index is 13.1. The van der Waals surface area contributed by atoms with E-state index in [2.05, 4.69) is 15.5 Å². The maximum atomic E-state index is 13.1. The number of carbonyl (C=O) groups is 2. The average molecular weight is 429 g/mol. The van der Waals surface area contributed by atoms with Gasteiger partial charge in [-0.15, -0.1) is 12.4 Å². The number of hydrogen-bond acceptors (Lipinski definition) is 4. The van der Waals surface area contributed by atoms with E-state index in [0.29, 0.717) is 22.9 Å². The Morgan fingerprint density at radius 1 is 1.00 bits per heavy atom. The molecule has 160 valence electrons. The fraction of sp³-hybridized carbons (Fsp3) is 0.391. The molecule has 4 rings (SSSR count). The minimum Gasteiger partial charge on any atom is -0.337 e. The third kappa shape index (κ3) is 5.01. The number of halogens is 1. The Hall–Kier alpha value is -2.41. The molecule has 0 radical (unpaired) electrons. The van der Waals surface area contributed by atoms with Crippen molar-refractivity contribution in [3.05, 3.63) is 65.2 Å². The molecule has 0 spiro atoms. The largest absolute Gasteiger partial charge is 0.337 e.